The molecule has 0 spiro atoms. The summed E-state index contributed by atoms with van der Waals surface area (Å²) >= 11 is 1.24. The fourth-order valence-corrected chi connectivity index (χ4v) is 5.52. The van der Waals surface area contributed by atoms with Crippen LogP contribution >= 0.6 is 22.7 Å². The molecule has 0 fully saturated rings. The summed E-state index contributed by atoms with van der Waals surface area (Å²) in [5.74, 6) is -0.506. The zero-order valence-corrected chi connectivity index (χ0v) is 20.2. The maximum absolute atomic E-state index is 13.0. The summed E-state index contributed by atoms with van der Waals surface area (Å²) in [6.07, 6.45) is 1.87. The van der Waals surface area contributed by atoms with Crippen molar-refractivity contribution < 1.29 is 9.59 Å². The smallest absolute Gasteiger partial charge is 0.278 e. The summed E-state index contributed by atoms with van der Waals surface area (Å²) in [6, 6.07) is 21.5. The number of rotatable bonds is 6. The number of ketones is 1. The van der Waals surface area contributed by atoms with Gasteiger partial charge in [-0.05, 0) is 26.0 Å². The van der Waals surface area contributed by atoms with Crippen LogP contribution in [-0.2, 0) is 9.59 Å². The van der Waals surface area contributed by atoms with Crippen LogP contribution in [0.4, 0.5) is 0 Å². The highest BCUT2D eigenvalue weighted by Gasteiger charge is 2.35. The van der Waals surface area contributed by atoms with Crippen LogP contribution in [0.5, 0.6) is 0 Å². The van der Waals surface area contributed by atoms with Gasteiger partial charge in [-0.3, -0.25) is 14.5 Å². The van der Waals surface area contributed by atoms with Crippen LogP contribution in [0.15, 0.2) is 88.7 Å². The van der Waals surface area contributed by atoms with Gasteiger partial charge in [-0.2, -0.15) is 0 Å². The maximum Gasteiger partial charge on any atom is 0.278 e. The van der Waals surface area contributed by atoms with Crippen LogP contribution in [0.2, 0.25) is 0 Å². The van der Waals surface area contributed by atoms with Crippen molar-refractivity contribution in [1.29, 1.82) is 0 Å². The molecule has 0 saturated carbocycles. The number of thioether (sulfide) groups is 1. The molecule has 8 heteroatoms. The zero-order chi connectivity index (χ0) is 23.7. The van der Waals surface area contributed by atoms with Gasteiger partial charge in [0.15, 0.2) is 16.1 Å². The van der Waals surface area contributed by atoms with E-state index in [0.717, 1.165) is 44.9 Å². The number of Topliss-reactive ketones (excluding diaryl/α,β-unsaturated/α-hetero) is 1. The zero-order valence-electron chi connectivity index (χ0n) is 18.6. The molecule has 3 heterocycles. The van der Waals surface area contributed by atoms with Crippen molar-refractivity contribution in [2.75, 3.05) is 5.75 Å². The summed E-state index contributed by atoms with van der Waals surface area (Å²) < 4.78 is 0. The van der Waals surface area contributed by atoms with Crippen LogP contribution in [-0.4, -0.2) is 48.0 Å². The van der Waals surface area contributed by atoms with Gasteiger partial charge in [0.05, 0.1) is 17.2 Å². The van der Waals surface area contributed by atoms with E-state index in [1.807, 2.05) is 86.7 Å². The van der Waals surface area contributed by atoms with Gasteiger partial charge in [0.2, 0.25) is 0 Å². The van der Waals surface area contributed by atoms with Crippen molar-refractivity contribution in [3.05, 3.63) is 89.8 Å². The number of aliphatic imine (C=N–C) groups is 1. The third-order valence-corrected chi connectivity index (χ3v) is 7.16. The van der Waals surface area contributed by atoms with Gasteiger partial charge >= 0.3 is 0 Å². The van der Waals surface area contributed by atoms with Gasteiger partial charge in [-0.1, -0.05) is 83.4 Å². The number of hydrogen-bond acceptors (Lipinski definition) is 6. The Balaban J connectivity index is 1.37. The first-order valence-electron chi connectivity index (χ1n) is 10.7. The molecule has 3 aromatic rings. The number of nitrogens with zero attached hydrogens (tertiary/aromatic N) is 4. The van der Waals surface area contributed by atoms with Gasteiger partial charge in [0.25, 0.3) is 5.91 Å². The largest absolute Gasteiger partial charge is 0.292 e. The van der Waals surface area contributed by atoms with Crippen LogP contribution in [0, 0.1) is 6.92 Å². The number of carbonyl (C=O) groups is 2. The third-order valence-electron chi connectivity index (χ3n) is 5.25. The summed E-state index contributed by atoms with van der Waals surface area (Å²) in [7, 11) is 1.13. The molecule has 2 aliphatic rings. The predicted octanol–water partition coefficient (Wildman–Crippen LogP) is 4.36. The number of benzene rings is 2. The molecule has 6 nitrogen and oxygen atoms in total. The molecule has 0 unspecified atom stereocenters. The molecule has 2 aliphatic heterocycles. The quantitative estimate of drug-likeness (QED) is 0.295. The van der Waals surface area contributed by atoms with Gasteiger partial charge in [-0.15, -0.1) is 0 Å². The molecule has 2 aromatic carbocycles. The minimum Gasteiger partial charge on any atom is -0.292 e. The van der Waals surface area contributed by atoms with Crippen LogP contribution in [0.3, 0.4) is 0 Å². The second-order valence-electron chi connectivity index (χ2n) is 7.76. The monoisotopic (exact) mass is 484 g/mol. The van der Waals surface area contributed by atoms with E-state index in [1.54, 1.807) is 0 Å². The summed E-state index contributed by atoms with van der Waals surface area (Å²) in [5.41, 5.74) is 5.08. The lowest BCUT2D eigenvalue weighted by molar-refractivity contribution is -0.120. The predicted molar refractivity (Wildman–Crippen MR) is 139 cm³/mol. The number of hydrogen-bond donors (Lipinski definition) is 0. The average molecular weight is 485 g/mol. The highest BCUT2D eigenvalue weighted by Crippen LogP contribution is 2.24. The van der Waals surface area contributed by atoms with E-state index in [0.29, 0.717) is 10.3 Å². The Hall–Kier alpha value is -3.62. The van der Waals surface area contributed by atoms with Crippen molar-refractivity contribution in [2.24, 2.45) is 4.99 Å². The van der Waals surface area contributed by atoms with E-state index in [4.69, 9.17) is 0 Å². The Labute approximate surface area is 205 Å². The molecule has 1 aromatic heterocycles. The van der Waals surface area contributed by atoms with Gasteiger partial charge in [-0.25, -0.2) is 15.0 Å². The molecule has 0 radical (unpaired) electrons. The normalized spacial score (nSPS) is 15.0. The highest BCUT2D eigenvalue weighted by atomic mass is 32.2. The Kier molecular flexibility index (Phi) is 6.08. The lowest BCUT2D eigenvalue weighted by Gasteiger charge is -2.22. The Bertz CT molecular complexity index is 1440. The molecule has 34 heavy (non-hydrogen) atoms. The Morgan fingerprint density at radius 3 is 2.35 bits per heavy atom. The number of allylic oxidation sites excluding steroid dienone is 2. The first-order chi connectivity index (χ1) is 16.5. The Morgan fingerprint density at radius 2 is 1.65 bits per heavy atom. The molecule has 168 valence electrons. The van der Waals surface area contributed by atoms with Crippen LogP contribution in [0.1, 0.15) is 18.2 Å². The highest BCUT2D eigenvalue weighted by molar-refractivity contribution is 8.03. The van der Waals surface area contributed by atoms with Crippen molar-refractivity contribution in [1.82, 2.24) is 14.9 Å². The van der Waals surface area contributed by atoms with Crippen molar-refractivity contribution in [3.8, 4) is 11.3 Å². The minimum absolute atomic E-state index is 0.0743. The second kappa shape index (κ2) is 9.32. The average Bonchev–Trinajstić information content (AvgIpc) is 3.20. The first kappa shape index (κ1) is 22.2. The van der Waals surface area contributed by atoms with E-state index in [-0.39, 0.29) is 22.3 Å². The molecule has 0 bridgehead atoms. The molecular formula is C26H20N4O2S2. The number of amides is 1. The topological polar surface area (TPSA) is 75.5 Å². The number of fused-ring (bicyclic) bond motifs is 1. The van der Waals surface area contributed by atoms with Gasteiger partial charge < -0.3 is 0 Å². The molecule has 1 amide bonds. The number of aryl methyl sites for hydroxylation is 1. The third kappa shape index (κ3) is 4.42. The maximum atomic E-state index is 13.0. The molecule has 0 N–H and O–H groups in total. The van der Waals surface area contributed by atoms with E-state index in [2.05, 4.69) is 15.0 Å². The molecule has 0 atom stereocenters. The number of aromatic nitrogens is 2. The lowest BCUT2D eigenvalue weighted by atomic mass is 10.1. The molecule has 0 saturated heterocycles. The summed E-state index contributed by atoms with van der Waals surface area (Å²) in [6.45, 7) is 3.75. The van der Waals surface area contributed by atoms with Gasteiger partial charge in [0, 0.05) is 22.5 Å². The van der Waals surface area contributed by atoms with Crippen molar-refractivity contribution in [2.45, 2.75) is 19.0 Å². The van der Waals surface area contributed by atoms with E-state index in [9.17, 15) is 9.59 Å². The van der Waals surface area contributed by atoms with Gasteiger partial charge in [0.1, 0.15) is 4.86 Å². The fraction of sp³-hybridized carbons (Fsp3) is 0.115. The lowest BCUT2D eigenvalue weighted by Crippen LogP contribution is -2.39. The molecule has 5 rings (SSSR count). The first-order valence-corrected chi connectivity index (χ1v) is 12.5. The van der Waals surface area contributed by atoms with E-state index >= 15 is 0 Å². The van der Waals surface area contributed by atoms with Crippen molar-refractivity contribution in [3.63, 3.8) is 0 Å². The van der Waals surface area contributed by atoms with Crippen LogP contribution in [0.25, 0.3) is 11.3 Å². The minimum atomic E-state index is -0.328. The number of carbonyl (C=O) groups excluding carboxylic acids is 2. The standard InChI is InChI=1S/C26H20N4O2S2/c1-16-13-20(18-9-5-3-6-10-18)28-25(27-16)33-15-22(31)23-24(32)30-17(2)14-21(29-26(30)34-23)19-11-7-4-8-12-19/h3-14H,15H2,1-2H3. The van der Waals surface area contributed by atoms with E-state index < -0.39 is 0 Å². The van der Waals surface area contributed by atoms with E-state index in [1.165, 1.54) is 16.7 Å². The molecule has 0 aliphatic carbocycles. The van der Waals surface area contributed by atoms with Crippen LogP contribution < -0.4 is 0 Å². The van der Waals surface area contributed by atoms with Crippen molar-refractivity contribution >= 4 is 50.1 Å². The molecular weight excluding hydrogens is 464 g/mol. The fourth-order valence-electron chi connectivity index (χ4n) is 3.64. The second-order valence-corrected chi connectivity index (χ2v) is 9.68. The SMILES string of the molecule is CC1=CC(c2ccccc2)=NC2=S=C(C(=O)CSc3nc(C)cc(-c4ccccc4)n3)C(=O)N12. The Morgan fingerprint density at radius 1 is 0.971 bits per heavy atom. The summed E-state index contributed by atoms with van der Waals surface area (Å²) in [5, 5.41) is 1.02. The summed E-state index contributed by atoms with van der Waals surface area (Å²) in [4.78, 5) is 41.4.